The molecule has 2 aromatic carbocycles. The highest BCUT2D eigenvalue weighted by molar-refractivity contribution is 5.89. The first-order chi connectivity index (χ1) is 11.2. The predicted octanol–water partition coefficient (Wildman–Crippen LogP) is 3.79. The maximum atomic E-state index is 12.0. The van der Waals surface area contributed by atoms with Gasteiger partial charge in [0.25, 0.3) is 0 Å². The van der Waals surface area contributed by atoms with Crippen molar-refractivity contribution < 1.29 is 19.1 Å². The summed E-state index contributed by atoms with van der Waals surface area (Å²) < 4.78 is 10.4. The molecule has 0 fully saturated rings. The van der Waals surface area contributed by atoms with Gasteiger partial charge in [-0.25, -0.2) is 4.79 Å². The van der Waals surface area contributed by atoms with Crippen molar-refractivity contribution in [2.24, 2.45) is 5.16 Å². The Morgan fingerprint density at radius 2 is 1.70 bits per heavy atom. The van der Waals surface area contributed by atoms with E-state index in [0.717, 1.165) is 5.56 Å². The zero-order valence-corrected chi connectivity index (χ0v) is 13.2. The number of esters is 1. The third kappa shape index (κ3) is 5.47. The Hall–Kier alpha value is -2.82. The van der Waals surface area contributed by atoms with Crippen LogP contribution in [-0.2, 0) is 16.1 Å². The van der Waals surface area contributed by atoms with Crippen LogP contribution >= 0.6 is 0 Å². The molecule has 0 aliphatic heterocycles. The fourth-order valence-corrected chi connectivity index (χ4v) is 1.81. The summed E-state index contributed by atoms with van der Waals surface area (Å²) >= 11 is 0. The molecular weight excluding hydrogens is 294 g/mol. The van der Waals surface area contributed by atoms with Crippen LogP contribution in [0, 0.1) is 0 Å². The molecular formula is C18H19NO4. The van der Waals surface area contributed by atoms with Crippen molar-refractivity contribution in [3.63, 3.8) is 0 Å². The van der Waals surface area contributed by atoms with E-state index in [1.54, 1.807) is 31.2 Å². The van der Waals surface area contributed by atoms with Crippen molar-refractivity contribution in [1.82, 2.24) is 0 Å². The second kappa shape index (κ2) is 8.58. The molecule has 23 heavy (non-hydrogen) atoms. The molecule has 120 valence electrons. The maximum absolute atomic E-state index is 12.0. The van der Waals surface area contributed by atoms with Gasteiger partial charge >= 0.3 is 5.97 Å². The highest BCUT2D eigenvalue weighted by atomic mass is 16.6. The largest absolute Gasteiger partial charge is 0.479 e. The molecule has 0 spiro atoms. The molecule has 5 heteroatoms. The third-order valence-electron chi connectivity index (χ3n) is 2.94. The van der Waals surface area contributed by atoms with Crippen molar-refractivity contribution in [2.45, 2.75) is 20.5 Å². The highest BCUT2D eigenvalue weighted by Gasteiger charge is 2.07. The van der Waals surface area contributed by atoms with Crippen LogP contribution in [0.4, 0.5) is 0 Å². The molecule has 0 saturated carbocycles. The Morgan fingerprint density at radius 3 is 2.35 bits per heavy atom. The molecule has 0 atom stereocenters. The fraction of sp³-hybridized carbons (Fsp3) is 0.222. The van der Waals surface area contributed by atoms with Gasteiger partial charge in [-0.05, 0) is 41.9 Å². The van der Waals surface area contributed by atoms with E-state index in [1.807, 2.05) is 37.3 Å². The molecule has 0 amide bonds. The summed E-state index contributed by atoms with van der Waals surface area (Å²) in [6.07, 6.45) is 0. The second-order valence-electron chi connectivity index (χ2n) is 4.72. The normalized spacial score (nSPS) is 11.0. The van der Waals surface area contributed by atoms with Gasteiger partial charge in [-0.15, -0.1) is 0 Å². The molecule has 5 nitrogen and oxygen atoms in total. The Labute approximate surface area is 135 Å². The van der Waals surface area contributed by atoms with E-state index in [9.17, 15) is 4.79 Å². The molecule has 2 aromatic rings. The van der Waals surface area contributed by atoms with Gasteiger partial charge in [-0.2, -0.15) is 0 Å². The van der Waals surface area contributed by atoms with Gasteiger partial charge in [0, 0.05) is 6.92 Å². The number of rotatable bonds is 6. The van der Waals surface area contributed by atoms with Gasteiger partial charge in [0.1, 0.15) is 6.61 Å². The zero-order chi connectivity index (χ0) is 16.5. The molecule has 0 aliphatic carbocycles. The number of carbonyl (C=O) groups excluding carboxylic acids is 1. The Balaban J connectivity index is 1.88. The first-order valence-corrected chi connectivity index (χ1v) is 7.34. The summed E-state index contributed by atoms with van der Waals surface area (Å²) in [6.45, 7) is 4.36. The average Bonchev–Trinajstić information content (AvgIpc) is 2.59. The molecule has 0 N–H and O–H groups in total. The molecule has 0 heterocycles. The van der Waals surface area contributed by atoms with Crippen LogP contribution in [-0.4, -0.2) is 18.5 Å². The highest BCUT2D eigenvalue weighted by Crippen LogP contribution is 2.14. The van der Waals surface area contributed by atoms with Crippen LogP contribution in [0.5, 0.6) is 5.75 Å². The quantitative estimate of drug-likeness (QED) is 0.352. The number of carbonyl (C=O) groups is 1. The number of ether oxygens (including phenoxy) is 2. The lowest BCUT2D eigenvalue weighted by molar-refractivity contribution is 0.0472. The lowest BCUT2D eigenvalue weighted by Gasteiger charge is -2.06. The van der Waals surface area contributed by atoms with Gasteiger partial charge in [0.05, 0.1) is 12.2 Å². The lowest BCUT2D eigenvalue weighted by Crippen LogP contribution is -2.05. The summed E-state index contributed by atoms with van der Waals surface area (Å²) in [6, 6.07) is 16.1. The molecule has 0 unspecified atom stereocenters. The van der Waals surface area contributed by atoms with Crippen LogP contribution in [0.2, 0.25) is 0 Å². The van der Waals surface area contributed by atoms with Gasteiger partial charge in [-0.3, -0.25) is 0 Å². The number of oxime groups is 1. The van der Waals surface area contributed by atoms with Gasteiger partial charge in [0.2, 0.25) is 5.90 Å². The minimum Gasteiger partial charge on any atom is -0.479 e. The lowest BCUT2D eigenvalue weighted by atomic mass is 10.2. The molecule has 0 bridgehead atoms. The molecule has 2 rings (SSSR count). The standard InChI is InChI=1S/C18H19NO4/c1-3-21-14(2)19-23-17-11-9-16(10-12-17)18(20)22-13-15-7-5-4-6-8-15/h4-12H,3,13H2,1-2H3/b19-14+. The Bertz CT molecular complexity index is 650. The van der Waals surface area contributed by atoms with Crippen molar-refractivity contribution in [3.8, 4) is 5.75 Å². The molecule has 0 aromatic heterocycles. The van der Waals surface area contributed by atoms with Crippen LogP contribution in [0.3, 0.4) is 0 Å². The second-order valence-corrected chi connectivity index (χ2v) is 4.72. The van der Waals surface area contributed by atoms with Crippen LogP contribution < -0.4 is 4.84 Å². The van der Waals surface area contributed by atoms with Crippen molar-refractivity contribution in [3.05, 3.63) is 65.7 Å². The number of hydrogen-bond acceptors (Lipinski definition) is 5. The Kier molecular flexibility index (Phi) is 6.17. The zero-order valence-electron chi connectivity index (χ0n) is 13.2. The SMILES string of the molecule is CCO/C(C)=N/Oc1ccc(C(=O)OCc2ccccc2)cc1. The smallest absolute Gasteiger partial charge is 0.338 e. The van der Waals surface area contributed by atoms with E-state index in [2.05, 4.69) is 5.16 Å². The van der Waals surface area contributed by atoms with Gasteiger partial charge in [0.15, 0.2) is 5.75 Å². The van der Waals surface area contributed by atoms with E-state index in [4.69, 9.17) is 14.3 Å². The number of nitrogens with zero attached hydrogens (tertiary/aromatic N) is 1. The van der Waals surface area contributed by atoms with E-state index < -0.39 is 0 Å². The third-order valence-corrected chi connectivity index (χ3v) is 2.94. The summed E-state index contributed by atoms with van der Waals surface area (Å²) in [5, 5.41) is 3.81. The summed E-state index contributed by atoms with van der Waals surface area (Å²) in [4.78, 5) is 17.2. The number of hydrogen-bond donors (Lipinski definition) is 0. The first kappa shape index (κ1) is 16.5. The predicted molar refractivity (Wildman–Crippen MR) is 87.4 cm³/mol. The van der Waals surface area contributed by atoms with Crippen molar-refractivity contribution >= 4 is 11.9 Å². The molecule has 0 radical (unpaired) electrons. The Morgan fingerprint density at radius 1 is 1.00 bits per heavy atom. The van der Waals surface area contributed by atoms with Gasteiger partial charge in [-0.1, -0.05) is 30.3 Å². The minimum atomic E-state index is -0.380. The van der Waals surface area contributed by atoms with E-state index in [1.165, 1.54) is 0 Å². The monoisotopic (exact) mass is 313 g/mol. The summed E-state index contributed by atoms with van der Waals surface area (Å²) in [7, 11) is 0. The molecule has 0 aliphatic rings. The van der Waals surface area contributed by atoms with Crippen LogP contribution in [0.25, 0.3) is 0 Å². The maximum Gasteiger partial charge on any atom is 0.338 e. The topological polar surface area (TPSA) is 57.1 Å². The number of benzene rings is 2. The molecule has 0 saturated heterocycles. The first-order valence-electron chi connectivity index (χ1n) is 7.34. The summed E-state index contributed by atoms with van der Waals surface area (Å²) in [5.41, 5.74) is 1.40. The van der Waals surface area contributed by atoms with E-state index >= 15 is 0 Å². The fourth-order valence-electron chi connectivity index (χ4n) is 1.81. The van der Waals surface area contributed by atoms with Crippen molar-refractivity contribution in [2.75, 3.05) is 6.61 Å². The minimum absolute atomic E-state index is 0.246. The van der Waals surface area contributed by atoms with E-state index in [-0.39, 0.29) is 12.6 Å². The van der Waals surface area contributed by atoms with Crippen molar-refractivity contribution in [1.29, 1.82) is 0 Å². The van der Waals surface area contributed by atoms with Gasteiger partial charge < -0.3 is 14.3 Å². The van der Waals surface area contributed by atoms with Crippen LogP contribution in [0.1, 0.15) is 29.8 Å². The van der Waals surface area contributed by atoms with Crippen LogP contribution in [0.15, 0.2) is 59.8 Å². The average molecular weight is 313 g/mol. The van der Waals surface area contributed by atoms with E-state index in [0.29, 0.717) is 23.8 Å². The summed E-state index contributed by atoms with van der Waals surface area (Å²) in [5.74, 6) is 0.580.